The van der Waals surface area contributed by atoms with Crippen LogP contribution in [0, 0.1) is 0 Å². The Labute approximate surface area is 134 Å². The van der Waals surface area contributed by atoms with Crippen LogP contribution in [-0.2, 0) is 6.42 Å². The number of fused-ring (bicyclic) bond motifs is 1. The molecule has 0 saturated carbocycles. The number of furan rings is 1. The van der Waals surface area contributed by atoms with Crippen LogP contribution < -0.4 is 5.32 Å². The fourth-order valence-electron chi connectivity index (χ4n) is 3.21. The summed E-state index contributed by atoms with van der Waals surface area (Å²) >= 11 is 3.41. The Morgan fingerprint density at radius 1 is 1.43 bits per heavy atom. The summed E-state index contributed by atoms with van der Waals surface area (Å²) in [5, 5.41) is 3.66. The Balaban J connectivity index is 1.93. The van der Waals surface area contributed by atoms with Gasteiger partial charge in [0.2, 0.25) is 0 Å². The molecule has 1 N–H and O–H groups in total. The van der Waals surface area contributed by atoms with Gasteiger partial charge in [-0.05, 0) is 71.9 Å². The number of halogens is 1. The van der Waals surface area contributed by atoms with Crippen molar-refractivity contribution in [1.29, 1.82) is 0 Å². The van der Waals surface area contributed by atoms with Crippen molar-refractivity contribution in [3.63, 3.8) is 0 Å². The second-order valence-corrected chi connectivity index (χ2v) is 6.40. The fraction of sp³-hybridized carbons (Fsp3) is 0.471. The molecule has 21 heavy (non-hydrogen) atoms. The molecule has 0 aromatic carbocycles. The van der Waals surface area contributed by atoms with E-state index in [0.717, 1.165) is 36.2 Å². The molecule has 0 saturated heterocycles. The summed E-state index contributed by atoms with van der Waals surface area (Å²) in [5.74, 6) is 1.39. The zero-order valence-corrected chi connectivity index (χ0v) is 13.9. The molecule has 112 valence electrons. The number of pyridine rings is 1. The average Bonchev–Trinajstić information content (AvgIpc) is 2.94. The van der Waals surface area contributed by atoms with E-state index in [1.165, 1.54) is 17.7 Å². The van der Waals surface area contributed by atoms with Gasteiger partial charge in [0.25, 0.3) is 0 Å². The monoisotopic (exact) mass is 348 g/mol. The Bertz CT molecular complexity index is 596. The maximum atomic E-state index is 5.84. The van der Waals surface area contributed by atoms with E-state index in [-0.39, 0.29) is 6.04 Å². The Morgan fingerprint density at radius 2 is 2.33 bits per heavy atom. The molecule has 2 aromatic rings. The van der Waals surface area contributed by atoms with Crippen molar-refractivity contribution < 1.29 is 4.42 Å². The van der Waals surface area contributed by atoms with Crippen molar-refractivity contribution in [3.8, 4) is 0 Å². The first-order chi connectivity index (χ1) is 10.3. The van der Waals surface area contributed by atoms with Crippen LogP contribution >= 0.6 is 15.9 Å². The molecule has 0 aliphatic heterocycles. The molecule has 2 heterocycles. The molecule has 0 spiro atoms. The van der Waals surface area contributed by atoms with Crippen LogP contribution in [0.5, 0.6) is 0 Å². The van der Waals surface area contributed by atoms with Gasteiger partial charge < -0.3 is 9.73 Å². The third kappa shape index (κ3) is 3.22. The van der Waals surface area contributed by atoms with Crippen LogP contribution in [0.2, 0.25) is 0 Å². The molecule has 2 unspecified atom stereocenters. The highest BCUT2D eigenvalue weighted by molar-refractivity contribution is 9.10. The van der Waals surface area contributed by atoms with Crippen LogP contribution in [0.4, 0.5) is 0 Å². The smallest absolute Gasteiger partial charge is 0.169 e. The number of hydrogen-bond acceptors (Lipinski definition) is 3. The molecular weight excluding hydrogens is 328 g/mol. The second-order valence-electron chi connectivity index (χ2n) is 5.62. The van der Waals surface area contributed by atoms with E-state index < -0.39 is 0 Å². The van der Waals surface area contributed by atoms with Gasteiger partial charge in [-0.15, -0.1) is 0 Å². The van der Waals surface area contributed by atoms with Gasteiger partial charge in [0.05, 0.1) is 6.04 Å². The number of aromatic nitrogens is 1. The average molecular weight is 349 g/mol. The van der Waals surface area contributed by atoms with Gasteiger partial charge in [0.1, 0.15) is 5.76 Å². The van der Waals surface area contributed by atoms with E-state index in [9.17, 15) is 0 Å². The standard InChI is InChI=1S/C17H21BrN2O/c1-2-10-19-17(14-8-9-15(18)21-14)13-7-3-5-12-6-4-11-20-16(12)13/h4,6,8-9,11,13,17,19H,2-3,5,7,10H2,1H3. The normalized spacial score (nSPS) is 19.2. The molecule has 4 heteroatoms. The Hall–Kier alpha value is -1.13. The first-order valence-electron chi connectivity index (χ1n) is 7.72. The summed E-state index contributed by atoms with van der Waals surface area (Å²) in [6.07, 6.45) is 6.54. The minimum absolute atomic E-state index is 0.199. The van der Waals surface area contributed by atoms with E-state index in [2.05, 4.69) is 45.3 Å². The van der Waals surface area contributed by atoms with Crippen molar-refractivity contribution in [3.05, 3.63) is 52.1 Å². The van der Waals surface area contributed by atoms with E-state index >= 15 is 0 Å². The summed E-state index contributed by atoms with van der Waals surface area (Å²) in [7, 11) is 0. The lowest BCUT2D eigenvalue weighted by molar-refractivity contribution is 0.332. The maximum Gasteiger partial charge on any atom is 0.169 e. The van der Waals surface area contributed by atoms with Crippen LogP contribution in [0.25, 0.3) is 0 Å². The zero-order valence-electron chi connectivity index (χ0n) is 12.3. The second kappa shape index (κ2) is 6.75. The topological polar surface area (TPSA) is 38.1 Å². The number of nitrogens with one attached hydrogen (secondary N) is 1. The molecule has 2 atom stereocenters. The van der Waals surface area contributed by atoms with Crippen molar-refractivity contribution in [2.24, 2.45) is 0 Å². The van der Waals surface area contributed by atoms with E-state index in [1.54, 1.807) is 0 Å². The van der Waals surface area contributed by atoms with Gasteiger partial charge in [-0.3, -0.25) is 4.98 Å². The molecule has 1 aliphatic rings. The molecule has 0 amide bonds. The summed E-state index contributed by atoms with van der Waals surface area (Å²) < 4.78 is 6.63. The van der Waals surface area contributed by atoms with Gasteiger partial charge in [0, 0.05) is 17.8 Å². The van der Waals surface area contributed by atoms with Crippen LogP contribution in [-0.4, -0.2) is 11.5 Å². The lowest BCUT2D eigenvalue weighted by Gasteiger charge is -2.31. The summed E-state index contributed by atoms with van der Waals surface area (Å²) in [4.78, 5) is 4.67. The first-order valence-corrected chi connectivity index (χ1v) is 8.51. The van der Waals surface area contributed by atoms with Gasteiger partial charge in [-0.1, -0.05) is 13.0 Å². The zero-order chi connectivity index (χ0) is 14.7. The minimum Gasteiger partial charge on any atom is -0.453 e. The number of aryl methyl sites for hydroxylation is 1. The first kappa shape index (κ1) is 14.8. The highest BCUT2D eigenvalue weighted by Gasteiger charge is 2.31. The highest BCUT2D eigenvalue weighted by Crippen LogP contribution is 2.40. The van der Waals surface area contributed by atoms with E-state index in [0.29, 0.717) is 5.92 Å². The summed E-state index contributed by atoms with van der Waals surface area (Å²) in [6, 6.07) is 8.49. The molecule has 3 rings (SSSR count). The fourth-order valence-corrected chi connectivity index (χ4v) is 3.53. The van der Waals surface area contributed by atoms with Gasteiger partial charge in [-0.25, -0.2) is 0 Å². The molecule has 0 bridgehead atoms. The summed E-state index contributed by atoms with van der Waals surface area (Å²) in [5.41, 5.74) is 2.63. The third-order valence-corrected chi connectivity index (χ3v) is 4.58. The largest absolute Gasteiger partial charge is 0.453 e. The highest BCUT2D eigenvalue weighted by atomic mass is 79.9. The van der Waals surface area contributed by atoms with Crippen LogP contribution in [0.15, 0.2) is 39.5 Å². The lowest BCUT2D eigenvalue weighted by Crippen LogP contribution is -2.30. The molecule has 3 nitrogen and oxygen atoms in total. The van der Waals surface area contributed by atoms with Crippen molar-refractivity contribution in [1.82, 2.24) is 10.3 Å². The maximum absolute atomic E-state index is 5.84. The number of rotatable bonds is 5. The molecule has 0 radical (unpaired) electrons. The third-order valence-electron chi connectivity index (χ3n) is 4.16. The molecule has 2 aromatic heterocycles. The Morgan fingerprint density at radius 3 is 3.10 bits per heavy atom. The Kier molecular flexibility index (Phi) is 4.76. The van der Waals surface area contributed by atoms with Crippen LogP contribution in [0.3, 0.4) is 0 Å². The van der Waals surface area contributed by atoms with Crippen molar-refractivity contribution in [2.75, 3.05) is 6.54 Å². The quantitative estimate of drug-likeness (QED) is 0.857. The van der Waals surface area contributed by atoms with E-state index in [4.69, 9.17) is 4.42 Å². The van der Waals surface area contributed by atoms with Crippen molar-refractivity contribution in [2.45, 2.75) is 44.6 Å². The van der Waals surface area contributed by atoms with Crippen molar-refractivity contribution >= 4 is 15.9 Å². The SMILES string of the molecule is CCCNC(c1ccc(Br)o1)C1CCCc2cccnc21. The van der Waals surface area contributed by atoms with Crippen LogP contribution in [0.1, 0.15) is 55.2 Å². The summed E-state index contributed by atoms with van der Waals surface area (Å²) in [6.45, 7) is 3.18. The number of nitrogens with zero attached hydrogens (tertiary/aromatic N) is 1. The lowest BCUT2D eigenvalue weighted by atomic mass is 9.81. The predicted molar refractivity (Wildman–Crippen MR) is 87.4 cm³/mol. The van der Waals surface area contributed by atoms with E-state index in [1.807, 2.05) is 18.3 Å². The predicted octanol–water partition coefficient (Wildman–Crippen LogP) is 4.60. The molecular formula is C17H21BrN2O. The molecule has 0 fully saturated rings. The molecule has 1 aliphatic carbocycles. The number of hydrogen-bond donors (Lipinski definition) is 1. The minimum atomic E-state index is 0.199. The van der Waals surface area contributed by atoms with Gasteiger partial charge >= 0.3 is 0 Å². The van der Waals surface area contributed by atoms with Gasteiger partial charge in [0.15, 0.2) is 4.67 Å². The van der Waals surface area contributed by atoms with Gasteiger partial charge in [-0.2, -0.15) is 0 Å².